The first kappa shape index (κ1) is 16.8. The standard InChI is InChI=1S/C15H11F2NO4S/c1-8(19)11-5-6-12(23-11)15(21)22-7-13(20)18-14-9(16)3-2-4-10(14)17/h2-6H,7H2,1H3,(H,18,20). The SMILES string of the molecule is CC(=O)c1ccc(C(=O)OCC(=O)Nc2c(F)cccc2F)s1. The molecule has 0 aliphatic rings. The van der Waals surface area contributed by atoms with Crippen molar-refractivity contribution >= 4 is 34.7 Å². The zero-order valence-electron chi connectivity index (χ0n) is 11.9. The number of thiophene rings is 1. The number of carbonyl (C=O) groups is 3. The van der Waals surface area contributed by atoms with Crippen LogP contribution in [0.15, 0.2) is 30.3 Å². The third kappa shape index (κ3) is 4.19. The summed E-state index contributed by atoms with van der Waals surface area (Å²) in [7, 11) is 0. The highest BCUT2D eigenvalue weighted by atomic mass is 32.1. The third-order valence-corrected chi connectivity index (χ3v) is 3.88. The number of hydrogen-bond donors (Lipinski definition) is 1. The second-order valence-electron chi connectivity index (χ2n) is 4.44. The number of carbonyl (C=O) groups excluding carboxylic acids is 3. The van der Waals surface area contributed by atoms with Crippen molar-refractivity contribution in [1.29, 1.82) is 0 Å². The zero-order valence-corrected chi connectivity index (χ0v) is 12.7. The third-order valence-electron chi connectivity index (χ3n) is 2.72. The molecule has 0 aliphatic heterocycles. The normalized spacial score (nSPS) is 10.2. The van der Waals surface area contributed by atoms with Gasteiger partial charge in [0.1, 0.15) is 22.2 Å². The van der Waals surface area contributed by atoms with Crippen LogP contribution in [0.2, 0.25) is 0 Å². The van der Waals surface area contributed by atoms with E-state index in [-0.39, 0.29) is 10.7 Å². The van der Waals surface area contributed by atoms with Gasteiger partial charge in [0.2, 0.25) is 0 Å². The summed E-state index contributed by atoms with van der Waals surface area (Å²) < 4.78 is 31.5. The van der Waals surface area contributed by atoms with E-state index in [0.29, 0.717) is 4.88 Å². The number of hydrogen-bond acceptors (Lipinski definition) is 5. The van der Waals surface area contributed by atoms with Crippen molar-refractivity contribution in [2.24, 2.45) is 0 Å². The van der Waals surface area contributed by atoms with Gasteiger partial charge in [-0.1, -0.05) is 6.07 Å². The van der Waals surface area contributed by atoms with E-state index >= 15 is 0 Å². The first-order valence-corrected chi connectivity index (χ1v) is 7.22. The Kier molecular flexibility index (Phi) is 5.17. The quantitative estimate of drug-likeness (QED) is 0.671. The first-order chi connectivity index (χ1) is 10.9. The largest absolute Gasteiger partial charge is 0.451 e. The van der Waals surface area contributed by atoms with Gasteiger partial charge in [-0.2, -0.15) is 0 Å². The zero-order chi connectivity index (χ0) is 17.0. The number of esters is 1. The Hall–Kier alpha value is -2.61. The Balaban J connectivity index is 1.93. The minimum atomic E-state index is -0.936. The lowest BCUT2D eigenvalue weighted by molar-refractivity contribution is -0.119. The highest BCUT2D eigenvalue weighted by Crippen LogP contribution is 2.19. The lowest BCUT2D eigenvalue weighted by atomic mass is 10.3. The van der Waals surface area contributed by atoms with Crippen LogP contribution in [0.25, 0.3) is 0 Å². The molecule has 0 radical (unpaired) electrons. The molecule has 0 saturated carbocycles. The summed E-state index contributed by atoms with van der Waals surface area (Å²) in [4.78, 5) is 35.0. The summed E-state index contributed by atoms with van der Waals surface area (Å²) in [5.41, 5.74) is -0.608. The molecular formula is C15H11F2NO4S. The summed E-state index contributed by atoms with van der Waals surface area (Å²) in [5.74, 6) is -3.75. The van der Waals surface area contributed by atoms with Crippen molar-refractivity contribution in [2.75, 3.05) is 11.9 Å². The van der Waals surface area contributed by atoms with Gasteiger partial charge in [0.25, 0.3) is 5.91 Å². The second kappa shape index (κ2) is 7.10. The van der Waals surface area contributed by atoms with E-state index in [0.717, 1.165) is 29.5 Å². The molecule has 1 heterocycles. The molecule has 1 N–H and O–H groups in total. The maximum absolute atomic E-state index is 13.4. The van der Waals surface area contributed by atoms with Gasteiger partial charge < -0.3 is 10.1 Å². The Morgan fingerprint density at radius 1 is 1.09 bits per heavy atom. The number of anilines is 1. The van der Waals surface area contributed by atoms with Gasteiger partial charge in [0, 0.05) is 0 Å². The van der Waals surface area contributed by atoms with Crippen LogP contribution in [0.3, 0.4) is 0 Å². The molecule has 120 valence electrons. The van der Waals surface area contributed by atoms with E-state index in [2.05, 4.69) is 0 Å². The van der Waals surface area contributed by atoms with E-state index in [4.69, 9.17) is 4.74 Å². The van der Waals surface area contributed by atoms with Gasteiger partial charge in [-0.3, -0.25) is 9.59 Å². The number of ketones is 1. The smallest absolute Gasteiger partial charge is 0.348 e. The molecule has 0 bridgehead atoms. The van der Waals surface area contributed by atoms with Crippen molar-refractivity contribution in [2.45, 2.75) is 6.92 Å². The Labute approximate surface area is 133 Å². The van der Waals surface area contributed by atoms with Crippen LogP contribution in [0.5, 0.6) is 0 Å². The van der Waals surface area contributed by atoms with Crippen LogP contribution in [-0.4, -0.2) is 24.3 Å². The van der Waals surface area contributed by atoms with Crippen molar-refractivity contribution < 1.29 is 27.9 Å². The van der Waals surface area contributed by atoms with E-state index < -0.39 is 35.8 Å². The number of benzene rings is 1. The van der Waals surface area contributed by atoms with E-state index in [1.54, 1.807) is 0 Å². The average Bonchev–Trinajstić information content (AvgIpc) is 2.99. The monoisotopic (exact) mass is 339 g/mol. The molecule has 0 spiro atoms. The molecule has 0 unspecified atom stereocenters. The van der Waals surface area contributed by atoms with Crippen LogP contribution in [0, 0.1) is 11.6 Å². The molecule has 1 aromatic carbocycles. The van der Waals surface area contributed by atoms with Crippen molar-refractivity contribution in [1.82, 2.24) is 0 Å². The van der Waals surface area contributed by atoms with Crippen LogP contribution in [-0.2, 0) is 9.53 Å². The predicted molar refractivity (Wildman–Crippen MR) is 79.6 cm³/mol. The molecule has 0 aliphatic carbocycles. The lowest BCUT2D eigenvalue weighted by Gasteiger charge is -2.07. The van der Waals surface area contributed by atoms with Crippen molar-refractivity contribution in [3.63, 3.8) is 0 Å². The molecular weight excluding hydrogens is 328 g/mol. The predicted octanol–water partition coefficient (Wildman–Crippen LogP) is 3.02. The average molecular weight is 339 g/mol. The number of rotatable bonds is 5. The number of Topliss-reactive ketones (excluding diaryl/α,β-unsaturated/α-hetero) is 1. The van der Waals surface area contributed by atoms with Crippen molar-refractivity contribution in [3.05, 3.63) is 51.7 Å². The molecule has 8 heteroatoms. The van der Waals surface area contributed by atoms with Crippen LogP contribution < -0.4 is 5.32 Å². The summed E-state index contributed by atoms with van der Waals surface area (Å²) in [6, 6.07) is 6.00. The highest BCUT2D eigenvalue weighted by Gasteiger charge is 2.16. The molecule has 0 saturated heterocycles. The van der Waals surface area contributed by atoms with Gasteiger partial charge in [-0.15, -0.1) is 11.3 Å². The minimum Gasteiger partial charge on any atom is -0.451 e. The number of nitrogens with one attached hydrogen (secondary N) is 1. The molecule has 5 nitrogen and oxygen atoms in total. The van der Waals surface area contributed by atoms with Gasteiger partial charge in [-0.05, 0) is 31.2 Å². The molecule has 23 heavy (non-hydrogen) atoms. The molecule has 0 fully saturated rings. The van der Waals surface area contributed by atoms with E-state index in [1.165, 1.54) is 19.1 Å². The number of amides is 1. The molecule has 2 rings (SSSR count). The summed E-state index contributed by atoms with van der Waals surface area (Å²) >= 11 is 0.934. The topological polar surface area (TPSA) is 72.5 Å². The number of halogens is 2. The highest BCUT2D eigenvalue weighted by molar-refractivity contribution is 7.15. The lowest BCUT2D eigenvalue weighted by Crippen LogP contribution is -2.21. The molecule has 2 aromatic rings. The van der Waals surface area contributed by atoms with Crippen LogP contribution in [0.1, 0.15) is 26.3 Å². The van der Waals surface area contributed by atoms with Crippen LogP contribution in [0.4, 0.5) is 14.5 Å². The number of para-hydroxylation sites is 1. The van der Waals surface area contributed by atoms with Gasteiger partial charge in [0.15, 0.2) is 12.4 Å². The fourth-order valence-electron chi connectivity index (χ4n) is 1.63. The fraction of sp³-hybridized carbons (Fsp3) is 0.133. The van der Waals surface area contributed by atoms with Gasteiger partial charge >= 0.3 is 5.97 Å². The minimum absolute atomic E-state index is 0.153. The first-order valence-electron chi connectivity index (χ1n) is 6.40. The fourth-order valence-corrected chi connectivity index (χ4v) is 2.43. The Morgan fingerprint density at radius 2 is 1.70 bits per heavy atom. The summed E-state index contributed by atoms with van der Waals surface area (Å²) in [6.45, 7) is 0.650. The van der Waals surface area contributed by atoms with Gasteiger partial charge in [-0.25, -0.2) is 13.6 Å². The second-order valence-corrected chi connectivity index (χ2v) is 5.52. The van der Waals surface area contributed by atoms with Crippen LogP contribution >= 0.6 is 11.3 Å². The summed E-state index contributed by atoms with van der Waals surface area (Å²) in [6.07, 6.45) is 0. The molecule has 1 amide bonds. The summed E-state index contributed by atoms with van der Waals surface area (Å²) in [5, 5.41) is 1.99. The maximum atomic E-state index is 13.4. The van der Waals surface area contributed by atoms with E-state index in [9.17, 15) is 23.2 Å². The number of ether oxygens (including phenoxy) is 1. The molecule has 1 aromatic heterocycles. The Bertz CT molecular complexity index is 752. The Morgan fingerprint density at radius 3 is 2.26 bits per heavy atom. The van der Waals surface area contributed by atoms with E-state index in [1.807, 2.05) is 5.32 Å². The molecule has 0 atom stereocenters. The van der Waals surface area contributed by atoms with Crippen molar-refractivity contribution in [3.8, 4) is 0 Å². The maximum Gasteiger partial charge on any atom is 0.348 e. The van der Waals surface area contributed by atoms with Gasteiger partial charge in [0.05, 0.1) is 4.88 Å².